The summed E-state index contributed by atoms with van der Waals surface area (Å²) in [5.41, 5.74) is 5.19. The fourth-order valence-electron chi connectivity index (χ4n) is 6.40. The van der Waals surface area contributed by atoms with E-state index < -0.39 is 0 Å². The van der Waals surface area contributed by atoms with Crippen LogP contribution in [0.4, 0.5) is 0 Å². The Hall–Kier alpha value is -3.38. The fraction of sp³-hybridized carbons (Fsp3) is 0.342. The number of nitrogens with zero attached hydrogens (tertiary/aromatic N) is 2. The van der Waals surface area contributed by atoms with Crippen LogP contribution in [0.1, 0.15) is 58.6 Å². The predicted octanol–water partition coefficient (Wildman–Crippen LogP) is 9.81. The van der Waals surface area contributed by atoms with E-state index in [4.69, 9.17) is 16.3 Å². The van der Waals surface area contributed by atoms with Crippen LogP contribution in [0.5, 0.6) is 5.75 Å². The molecule has 0 N–H and O–H groups in total. The Bertz CT molecular complexity index is 1740. The van der Waals surface area contributed by atoms with Crippen LogP contribution in [0.2, 0.25) is 5.02 Å². The van der Waals surface area contributed by atoms with E-state index in [0.29, 0.717) is 23.0 Å². The summed E-state index contributed by atoms with van der Waals surface area (Å²) in [6.45, 7) is 14.5. The first kappa shape index (κ1) is 32.0. The van der Waals surface area contributed by atoms with Gasteiger partial charge in [-0.1, -0.05) is 77.3 Å². The third kappa shape index (κ3) is 7.28. The van der Waals surface area contributed by atoms with Gasteiger partial charge in [-0.25, -0.2) is 0 Å². The molecule has 4 nitrogen and oxygen atoms in total. The van der Waals surface area contributed by atoms with Gasteiger partial charge in [-0.15, -0.1) is 11.3 Å². The van der Waals surface area contributed by atoms with Crippen molar-refractivity contribution >= 4 is 49.7 Å². The first-order valence-corrected chi connectivity index (χ1v) is 16.9. The number of hydrogen-bond donors (Lipinski definition) is 0. The molecule has 44 heavy (non-hydrogen) atoms. The van der Waals surface area contributed by atoms with E-state index >= 15 is 0 Å². The number of hydrogen-bond acceptors (Lipinski definition) is 3. The molecule has 0 spiro atoms. The number of thiophene rings is 1. The average molecular weight is 628 g/mol. The van der Waals surface area contributed by atoms with Crippen molar-refractivity contribution in [2.24, 2.45) is 0 Å². The van der Waals surface area contributed by atoms with E-state index in [1.807, 2.05) is 23.1 Å². The maximum Gasteiger partial charge on any atom is 0.265 e. The molecule has 0 saturated heterocycles. The summed E-state index contributed by atoms with van der Waals surface area (Å²) in [6.07, 6.45) is 1.98. The first-order valence-electron chi connectivity index (χ1n) is 15.7. The van der Waals surface area contributed by atoms with Crippen LogP contribution in [0, 0.1) is 13.8 Å². The van der Waals surface area contributed by atoms with Gasteiger partial charge >= 0.3 is 0 Å². The number of amides is 1. The van der Waals surface area contributed by atoms with Gasteiger partial charge < -0.3 is 14.1 Å². The number of ether oxygens (including phenoxy) is 1. The molecule has 6 heteroatoms. The number of carbonyl (C=O) groups excluding carboxylic acids is 1. The normalized spacial score (nSPS) is 11.8. The lowest BCUT2D eigenvalue weighted by Crippen LogP contribution is -2.47. The molecule has 4 aromatic carbocycles. The van der Waals surface area contributed by atoms with Gasteiger partial charge in [-0.05, 0) is 81.1 Å². The molecule has 0 atom stereocenters. The quantitative estimate of drug-likeness (QED) is 0.0960. The van der Waals surface area contributed by atoms with E-state index in [1.165, 1.54) is 38.8 Å². The average Bonchev–Trinajstić information content (AvgIpc) is 3.36. The Labute approximate surface area is 271 Å². The maximum absolute atomic E-state index is 14.2. The van der Waals surface area contributed by atoms with Crippen molar-refractivity contribution < 1.29 is 14.0 Å². The van der Waals surface area contributed by atoms with Crippen molar-refractivity contribution in [2.75, 3.05) is 33.3 Å². The van der Waals surface area contributed by atoms with Crippen molar-refractivity contribution in [1.29, 1.82) is 0 Å². The first-order chi connectivity index (χ1) is 21.2. The number of methoxy groups -OCH3 is 1. The maximum atomic E-state index is 14.2. The minimum absolute atomic E-state index is 0.00898. The van der Waals surface area contributed by atoms with E-state index in [1.54, 1.807) is 7.11 Å². The van der Waals surface area contributed by atoms with Crippen molar-refractivity contribution in [3.63, 3.8) is 0 Å². The van der Waals surface area contributed by atoms with Crippen LogP contribution in [0.15, 0.2) is 78.9 Å². The molecule has 230 valence electrons. The van der Waals surface area contributed by atoms with Gasteiger partial charge in [0.2, 0.25) is 0 Å². The number of aryl methyl sites for hydroxylation is 2. The minimum Gasteiger partial charge on any atom is -0.497 e. The number of quaternary nitrogens is 1. The standard InChI is InChI=1S/C38H44ClN2O2S/c1-6-41(7-2,26-30-21-27(3)20-28(4)22-30)19-11-10-18-40(25-29-14-15-31-12-8-9-13-32(31)23-29)38(42)37-36(39)34-17-16-33(43-5)24-35(34)44-37/h8-9,12-17,20-24H,6-7,10-11,18-19,25-26H2,1-5H3/q+1. The zero-order valence-corrected chi connectivity index (χ0v) is 28.2. The van der Waals surface area contributed by atoms with Crippen molar-refractivity contribution in [3.8, 4) is 5.75 Å². The van der Waals surface area contributed by atoms with Gasteiger partial charge in [0.05, 0.1) is 31.8 Å². The Kier molecular flexibility index (Phi) is 10.3. The lowest BCUT2D eigenvalue weighted by Gasteiger charge is -2.37. The lowest BCUT2D eigenvalue weighted by atomic mass is 10.1. The van der Waals surface area contributed by atoms with Gasteiger partial charge in [-0.2, -0.15) is 0 Å². The molecule has 5 rings (SSSR count). The molecular weight excluding hydrogens is 584 g/mol. The number of unbranched alkanes of at least 4 members (excludes halogenated alkanes) is 1. The van der Waals surface area contributed by atoms with Gasteiger partial charge in [0, 0.05) is 28.7 Å². The predicted molar refractivity (Wildman–Crippen MR) is 187 cm³/mol. The smallest absolute Gasteiger partial charge is 0.265 e. The zero-order chi connectivity index (χ0) is 31.3. The van der Waals surface area contributed by atoms with E-state index in [0.717, 1.165) is 64.9 Å². The van der Waals surface area contributed by atoms with Gasteiger partial charge in [0.15, 0.2) is 0 Å². The van der Waals surface area contributed by atoms with Crippen LogP contribution >= 0.6 is 22.9 Å². The Morgan fingerprint density at radius 2 is 1.59 bits per heavy atom. The SMILES string of the molecule is CC[N+](CC)(CCCCN(Cc1ccc2ccccc2c1)C(=O)c1sc2cc(OC)ccc2c1Cl)Cc1cc(C)cc(C)c1. The van der Waals surface area contributed by atoms with E-state index in [2.05, 4.69) is 88.4 Å². The summed E-state index contributed by atoms with van der Waals surface area (Å²) in [5, 5.41) is 3.81. The second-order valence-electron chi connectivity index (χ2n) is 12.1. The van der Waals surface area contributed by atoms with Crippen LogP contribution in [0.25, 0.3) is 20.9 Å². The second kappa shape index (κ2) is 14.2. The molecule has 1 heterocycles. The lowest BCUT2D eigenvalue weighted by molar-refractivity contribution is -0.938. The minimum atomic E-state index is -0.00898. The molecule has 1 amide bonds. The molecule has 5 aromatic rings. The highest BCUT2D eigenvalue weighted by Crippen LogP contribution is 2.38. The molecule has 0 aliphatic rings. The van der Waals surface area contributed by atoms with Gasteiger partial charge in [0.25, 0.3) is 5.91 Å². The third-order valence-corrected chi connectivity index (χ3v) is 10.6. The monoisotopic (exact) mass is 627 g/mol. The Morgan fingerprint density at radius 3 is 2.30 bits per heavy atom. The van der Waals surface area contributed by atoms with E-state index in [-0.39, 0.29) is 5.91 Å². The van der Waals surface area contributed by atoms with Gasteiger partial charge in [0.1, 0.15) is 17.2 Å². The van der Waals surface area contributed by atoms with Crippen LogP contribution < -0.4 is 4.74 Å². The summed E-state index contributed by atoms with van der Waals surface area (Å²) < 4.78 is 7.43. The molecular formula is C38H44ClN2O2S+. The molecule has 0 radical (unpaired) electrons. The highest BCUT2D eigenvalue weighted by molar-refractivity contribution is 7.21. The Balaban J connectivity index is 1.36. The Morgan fingerprint density at radius 1 is 0.864 bits per heavy atom. The summed E-state index contributed by atoms with van der Waals surface area (Å²) >= 11 is 8.30. The van der Waals surface area contributed by atoms with Crippen molar-refractivity contribution in [1.82, 2.24) is 4.90 Å². The highest BCUT2D eigenvalue weighted by Gasteiger charge is 2.26. The van der Waals surface area contributed by atoms with Crippen LogP contribution in [-0.4, -0.2) is 48.6 Å². The molecule has 1 aromatic heterocycles. The second-order valence-corrected chi connectivity index (χ2v) is 13.5. The number of rotatable bonds is 13. The summed E-state index contributed by atoms with van der Waals surface area (Å²) in [7, 11) is 1.65. The molecule has 0 fully saturated rings. The van der Waals surface area contributed by atoms with Crippen LogP contribution in [-0.2, 0) is 13.1 Å². The summed E-state index contributed by atoms with van der Waals surface area (Å²) in [6, 6.07) is 27.6. The zero-order valence-electron chi connectivity index (χ0n) is 26.7. The summed E-state index contributed by atoms with van der Waals surface area (Å²) in [5.74, 6) is 0.752. The van der Waals surface area contributed by atoms with Crippen molar-refractivity contribution in [3.05, 3.63) is 111 Å². The highest BCUT2D eigenvalue weighted by atomic mass is 35.5. The largest absolute Gasteiger partial charge is 0.497 e. The fourth-order valence-corrected chi connectivity index (χ4v) is 7.91. The molecule has 0 aliphatic carbocycles. The van der Waals surface area contributed by atoms with E-state index in [9.17, 15) is 4.79 Å². The number of benzene rings is 4. The van der Waals surface area contributed by atoms with Crippen LogP contribution in [0.3, 0.4) is 0 Å². The van der Waals surface area contributed by atoms with Crippen molar-refractivity contribution in [2.45, 2.75) is 53.6 Å². The molecule has 0 aliphatic heterocycles. The third-order valence-electron chi connectivity index (χ3n) is 8.96. The molecule has 0 bridgehead atoms. The van der Waals surface area contributed by atoms with Gasteiger partial charge in [-0.3, -0.25) is 4.79 Å². The molecule has 0 saturated carbocycles. The number of fused-ring (bicyclic) bond motifs is 2. The summed E-state index contributed by atoms with van der Waals surface area (Å²) in [4.78, 5) is 16.8. The number of halogens is 1. The molecule has 0 unspecified atom stereocenters. The number of carbonyl (C=O) groups is 1. The topological polar surface area (TPSA) is 29.5 Å².